The maximum absolute atomic E-state index is 10.9. The molecule has 2 aromatic rings. The maximum atomic E-state index is 10.9. The van der Waals surface area contributed by atoms with Gasteiger partial charge >= 0.3 is 0 Å². The fraction of sp³-hybridized carbons (Fsp3) is 0.231. The third kappa shape index (κ3) is 3.53. The van der Waals surface area contributed by atoms with Crippen LogP contribution in [0.15, 0.2) is 29.0 Å². The Kier molecular flexibility index (Phi) is 4.52. The standard InChI is InChI=1S/C13H13ClN2O2S/c1-9-7-19-8-11(9)6-15-5-10-4-12(14)2-3-13(10)16(17)18/h2-4,7-8,15H,5-6H2,1H3. The van der Waals surface area contributed by atoms with Gasteiger partial charge in [0.1, 0.15) is 0 Å². The lowest BCUT2D eigenvalue weighted by molar-refractivity contribution is -0.385. The molecule has 0 spiro atoms. The third-order valence-corrected chi connectivity index (χ3v) is 3.98. The van der Waals surface area contributed by atoms with Crippen molar-refractivity contribution in [2.75, 3.05) is 0 Å². The van der Waals surface area contributed by atoms with Crippen molar-refractivity contribution in [2.24, 2.45) is 0 Å². The van der Waals surface area contributed by atoms with Crippen LogP contribution in [0.4, 0.5) is 5.69 Å². The van der Waals surface area contributed by atoms with Crippen LogP contribution in [0.25, 0.3) is 0 Å². The van der Waals surface area contributed by atoms with Gasteiger partial charge in [-0.1, -0.05) is 11.6 Å². The van der Waals surface area contributed by atoms with Crippen molar-refractivity contribution in [3.8, 4) is 0 Å². The summed E-state index contributed by atoms with van der Waals surface area (Å²) in [7, 11) is 0. The number of hydrogen-bond acceptors (Lipinski definition) is 4. The van der Waals surface area contributed by atoms with E-state index < -0.39 is 0 Å². The first-order valence-corrected chi connectivity index (χ1v) is 7.05. The fourth-order valence-corrected chi connectivity index (χ4v) is 2.83. The van der Waals surface area contributed by atoms with E-state index in [1.165, 1.54) is 23.3 Å². The van der Waals surface area contributed by atoms with Crippen molar-refractivity contribution < 1.29 is 4.92 Å². The first-order valence-electron chi connectivity index (χ1n) is 5.73. The molecule has 0 saturated carbocycles. The number of benzene rings is 1. The Hall–Kier alpha value is -1.43. The molecule has 100 valence electrons. The zero-order valence-electron chi connectivity index (χ0n) is 10.4. The molecule has 4 nitrogen and oxygen atoms in total. The van der Waals surface area contributed by atoms with Gasteiger partial charge in [-0.25, -0.2) is 0 Å². The smallest absolute Gasteiger partial charge is 0.273 e. The average molecular weight is 297 g/mol. The maximum Gasteiger partial charge on any atom is 0.273 e. The molecule has 0 aliphatic heterocycles. The molecule has 1 aromatic heterocycles. The molecule has 0 atom stereocenters. The molecule has 0 aliphatic rings. The number of hydrogen-bond donors (Lipinski definition) is 1. The SMILES string of the molecule is Cc1cscc1CNCc1cc(Cl)ccc1[N+](=O)[O-]. The number of nitrogens with one attached hydrogen (secondary N) is 1. The molecule has 0 amide bonds. The van der Waals surface area contributed by atoms with E-state index in [4.69, 9.17) is 11.6 Å². The number of thiophene rings is 1. The van der Waals surface area contributed by atoms with E-state index in [0.717, 1.165) is 0 Å². The van der Waals surface area contributed by atoms with Gasteiger partial charge in [0.05, 0.1) is 4.92 Å². The Morgan fingerprint density at radius 1 is 1.32 bits per heavy atom. The highest BCUT2D eigenvalue weighted by Crippen LogP contribution is 2.22. The molecular formula is C13H13ClN2O2S. The molecule has 0 saturated heterocycles. The summed E-state index contributed by atoms with van der Waals surface area (Å²) in [4.78, 5) is 10.5. The van der Waals surface area contributed by atoms with E-state index in [-0.39, 0.29) is 10.6 Å². The van der Waals surface area contributed by atoms with Crippen molar-refractivity contribution >= 4 is 28.6 Å². The van der Waals surface area contributed by atoms with Crippen LogP contribution in [-0.2, 0) is 13.1 Å². The quantitative estimate of drug-likeness (QED) is 0.672. The van der Waals surface area contributed by atoms with Gasteiger partial charge in [0.2, 0.25) is 0 Å². The number of nitro benzene ring substituents is 1. The molecule has 1 heterocycles. The van der Waals surface area contributed by atoms with Crippen LogP contribution >= 0.6 is 22.9 Å². The van der Waals surface area contributed by atoms with Crippen molar-refractivity contribution in [2.45, 2.75) is 20.0 Å². The summed E-state index contributed by atoms with van der Waals surface area (Å²) in [6, 6.07) is 4.61. The Morgan fingerprint density at radius 2 is 2.05 bits per heavy atom. The van der Waals surface area contributed by atoms with E-state index in [9.17, 15) is 10.1 Å². The van der Waals surface area contributed by atoms with Crippen LogP contribution in [0.1, 0.15) is 16.7 Å². The van der Waals surface area contributed by atoms with E-state index in [2.05, 4.69) is 23.0 Å². The Morgan fingerprint density at radius 3 is 2.68 bits per heavy atom. The second kappa shape index (κ2) is 6.14. The molecule has 1 N–H and O–H groups in total. The van der Waals surface area contributed by atoms with E-state index >= 15 is 0 Å². The van der Waals surface area contributed by atoms with E-state index in [1.807, 2.05) is 0 Å². The summed E-state index contributed by atoms with van der Waals surface area (Å²) in [5, 5.41) is 18.8. The molecule has 0 unspecified atom stereocenters. The van der Waals surface area contributed by atoms with Gasteiger partial charge in [0.25, 0.3) is 5.69 Å². The van der Waals surface area contributed by atoms with Gasteiger partial charge in [-0.05, 0) is 40.9 Å². The molecule has 19 heavy (non-hydrogen) atoms. The number of nitro groups is 1. The van der Waals surface area contributed by atoms with Gasteiger partial charge in [-0.2, -0.15) is 11.3 Å². The Balaban J connectivity index is 2.05. The monoisotopic (exact) mass is 296 g/mol. The minimum atomic E-state index is -0.386. The van der Waals surface area contributed by atoms with Crippen molar-refractivity contribution in [1.29, 1.82) is 0 Å². The molecule has 0 radical (unpaired) electrons. The summed E-state index contributed by atoms with van der Waals surface area (Å²) >= 11 is 7.53. The molecule has 0 fully saturated rings. The second-order valence-corrected chi connectivity index (χ2v) is 5.39. The molecular weight excluding hydrogens is 284 g/mol. The zero-order chi connectivity index (χ0) is 13.8. The Labute approximate surface area is 120 Å². The minimum absolute atomic E-state index is 0.0962. The minimum Gasteiger partial charge on any atom is -0.308 e. The molecule has 6 heteroatoms. The number of aryl methyl sites for hydroxylation is 1. The summed E-state index contributed by atoms with van der Waals surface area (Å²) in [6.45, 7) is 3.17. The topological polar surface area (TPSA) is 55.2 Å². The van der Waals surface area contributed by atoms with E-state index in [1.54, 1.807) is 17.4 Å². The van der Waals surface area contributed by atoms with Gasteiger partial charge in [-0.15, -0.1) is 0 Å². The average Bonchev–Trinajstić information content (AvgIpc) is 2.75. The molecule has 0 aliphatic carbocycles. The highest BCUT2D eigenvalue weighted by molar-refractivity contribution is 7.08. The van der Waals surface area contributed by atoms with Gasteiger partial charge in [-0.3, -0.25) is 10.1 Å². The van der Waals surface area contributed by atoms with Gasteiger partial charge in [0.15, 0.2) is 0 Å². The summed E-state index contributed by atoms with van der Waals surface area (Å²) in [6.07, 6.45) is 0. The predicted octanol–water partition coefficient (Wildman–Crippen LogP) is 3.91. The summed E-state index contributed by atoms with van der Waals surface area (Å²) in [5.41, 5.74) is 3.15. The highest BCUT2D eigenvalue weighted by Gasteiger charge is 2.13. The first kappa shape index (κ1) is 14.0. The zero-order valence-corrected chi connectivity index (χ0v) is 11.9. The fourth-order valence-electron chi connectivity index (χ4n) is 1.77. The van der Waals surface area contributed by atoms with Crippen LogP contribution < -0.4 is 5.32 Å². The normalized spacial score (nSPS) is 10.6. The molecule has 2 rings (SSSR count). The van der Waals surface area contributed by atoms with Crippen LogP contribution in [-0.4, -0.2) is 4.92 Å². The lowest BCUT2D eigenvalue weighted by Crippen LogP contribution is -2.14. The highest BCUT2D eigenvalue weighted by atomic mass is 35.5. The van der Waals surface area contributed by atoms with E-state index in [0.29, 0.717) is 23.7 Å². The van der Waals surface area contributed by atoms with Gasteiger partial charge < -0.3 is 5.32 Å². The summed E-state index contributed by atoms with van der Waals surface area (Å²) in [5.74, 6) is 0. The Bertz CT molecular complexity index is 598. The summed E-state index contributed by atoms with van der Waals surface area (Å²) < 4.78 is 0. The second-order valence-electron chi connectivity index (χ2n) is 4.21. The lowest BCUT2D eigenvalue weighted by atomic mass is 10.1. The molecule has 0 bridgehead atoms. The third-order valence-electron chi connectivity index (χ3n) is 2.83. The van der Waals surface area contributed by atoms with Crippen molar-refractivity contribution in [3.63, 3.8) is 0 Å². The largest absolute Gasteiger partial charge is 0.308 e. The first-order chi connectivity index (χ1) is 9.08. The number of halogens is 1. The van der Waals surface area contributed by atoms with Crippen LogP contribution in [0, 0.1) is 17.0 Å². The lowest BCUT2D eigenvalue weighted by Gasteiger charge is -2.06. The number of rotatable bonds is 5. The van der Waals surface area contributed by atoms with Crippen LogP contribution in [0.2, 0.25) is 5.02 Å². The van der Waals surface area contributed by atoms with Gasteiger partial charge in [0, 0.05) is 29.7 Å². The van der Waals surface area contributed by atoms with Crippen LogP contribution in [0.5, 0.6) is 0 Å². The molecule has 1 aromatic carbocycles. The van der Waals surface area contributed by atoms with Crippen LogP contribution in [0.3, 0.4) is 0 Å². The van der Waals surface area contributed by atoms with Crippen molar-refractivity contribution in [3.05, 3.63) is 60.8 Å². The predicted molar refractivity (Wildman–Crippen MR) is 77.7 cm³/mol. The number of nitrogens with zero attached hydrogens (tertiary/aromatic N) is 1. The van der Waals surface area contributed by atoms with Crippen molar-refractivity contribution in [1.82, 2.24) is 5.32 Å².